The number of hydrogen-bond donors (Lipinski definition) is 5. The molecule has 0 unspecified atom stereocenters. The van der Waals surface area contributed by atoms with Crippen molar-refractivity contribution in [1.82, 2.24) is 47.2 Å². The van der Waals surface area contributed by atoms with Crippen molar-refractivity contribution in [2.45, 2.75) is 141 Å². The molecule has 5 radical (unpaired) electrons. The Morgan fingerprint density at radius 1 is 0.525 bits per heavy atom. The predicted molar refractivity (Wildman–Crippen MR) is 440 cm³/mol. The summed E-state index contributed by atoms with van der Waals surface area (Å²) in [5.41, 5.74) is 11.0. The van der Waals surface area contributed by atoms with Gasteiger partial charge >= 0.3 is 98.8 Å². The van der Waals surface area contributed by atoms with E-state index in [4.69, 9.17) is 62.4 Å². The van der Waals surface area contributed by atoms with Gasteiger partial charge in [-0.15, -0.1) is 101 Å². The van der Waals surface area contributed by atoms with Crippen molar-refractivity contribution in [3.05, 3.63) is 275 Å². The zero-order valence-electron chi connectivity index (χ0n) is 68.5. The van der Waals surface area contributed by atoms with Gasteiger partial charge in [0.1, 0.15) is 11.5 Å². The molecule has 0 bridgehead atoms. The Kier molecular flexibility index (Phi) is 64.5. The third-order valence-electron chi connectivity index (χ3n) is 14.3. The van der Waals surface area contributed by atoms with Crippen molar-refractivity contribution in [3.8, 4) is 56.0 Å². The van der Waals surface area contributed by atoms with Crippen LogP contribution in [-0.2, 0) is 165 Å². The topological polar surface area (TPSA) is 271 Å². The Balaban J connectivity index is -0.00000133. The van der Waals surface area contributed by atoms with E-state index in [2.05, 4.69) is 103 Å². The number of urea groups is 1. The third kappa shape index (κ3) is 43.2. The number of carbonyl (C=O) groups is 5. The van der Waals surface area contributed by atoms with E-state index in [1.54, 1.807) is 108 Å². The molecule has 1 aliphatic rings. The van der Waals surface area contributed by atoms with Crippen molar-refractivity contribution >= 4 is 70.2 Å². The number of aromatic nitrogens is 4. The number of nitrogens with zero attached hydrogens (tertiary/aromatic N) is 5. The maximum absolute atomic E-state index is 11.8. The molecule has 11 aromatic rings. The number of aryl methyl sites for hydroxylation is 2. The Hall–Kier alpha value is -7.39. The summed E-state index contributed by atoms with van der Waals surface area (Å²) in [5, 5.41) is 31.8. The van der Waals surface area contributed by atoms with Gasteiger partial charge in [-0.2, -0.15) is 143 Å². The van der Waals surface area contributed by atoms with Crippen molar-refractivity contribution < 1.29 is 165 Å². The average molecular weight is 2020 g/mol. The minimum atomic E-state index is -0.166. The van der Waals surface area contributed by atoms with Crippen LogP contribution >= 0.6 is 34.8 Å². The number of halogens is 3. The second kappa shape index (κ2) is 66.3. The molecule has 12 rings (SSSR count). The number of rotatable bonds is 21. The molecule has 619 valence electrons. The van der Waals surface area contributed by atoms with Crippen LogP contribution in [0.25, 0.3) is 44.5 Å². The molecule has 0 saturated carbocycles. The van der Waals surface area contributed by atoms with Crippen LogP contribution < -0.4 is 41.0 Å². The second-order valence-electron chi connectivity index (χ2n) is 24.3. The van der Waals surface area contributed by atoms with Crippen molar-refractivity contribution in [2.75, 3.05) is 37.6 Å². The molecule has 0 atom stereocenters. The second-order valence-corrected chi connectivity index (χ2v) is 25.6. The van der Waals surface area contributed by atoms with Gasteiger partial charge in [-0.1, -0.05) is 46.8 Å². The van der Waals surface area contributed by atoms with E-state index in [-0.39, 0.29) is 181 Å². The van der Waals surface area contributed by atoms with Crippen LogP contribution in [0.15, 0.2) is 170 Å². The molecule has 1 aliphatic heterocycles. The van der Waals surface area contributed by atoms with E-state index in [1.165, 1.54) is 12.5 Å². The Labute approximate surface area is 785 Å². The largest absolute Gasteiger partial charge is 2.00 e. The molecule has 5 N–H and O–H groups in total. The first-order chi connectivity index (χ1) is 54.0. The quantitative estimate of drug-likeness (QED) is 0.0419. The molecule has 6 amide bonds. The zero-order valence-corrected chi connectivity index (χ0v) is 80.7. The number of nitrogens with one attached hydrogen (secondary N) is 5. The first kappa shape index (κ1) is 115. The summed E-state index contributed by atoms with van der Waals surface area (Å²) in [4.78, 5) is 60.2. The smallest absolute Gasteiger partial charge is 0.549 e. The number of amides is 6. The summed E-state index contributed by atoms with van der Waals surface area (Å²) >= 11 is 16.6. The molecule has 7 aromatic carbocycles. The first-order valence-corrected chi connectivity index (χ1v) is 37.4. The van der Waals surface area contributed by atoms with Gasteiger partial charge in [0, 0.05) is 71.0 Å². The first-order valence-electron chi connectivity index (χ1n) is 36.3. The summed E-state index contributed by atoms with van der Waals surface area (Å²) in [7, 11) is 0. The van der Waals surface area contributed by atoms with E-state index in [1.807, 2.05) is 146 Å². The van der Waals surface area contributed by atoms with Gasteiger partial charge in [0.05, 0.1) is 67.5 Å². The normalized spacial score (nSPS) is 10.1. The number of carbonyl (C=O) groups excluding carboxylic acids is 5. The number of likely N-dealkylation sites (N-methyl/N-ethyl adjacent to an activating group) is 4. The monoisotopic (exact) mass is 2010 g/mol. The fraction of sp³-hybridized carbons (Fsp3) is 0.295. The molecule has 0 aliphatic carbocycles. The number of fused-ring (bicyclic) bond motifs is 1. The average Bonchev–Trinajstić information content (AvgIpc) is 1.69. The maximum Gasteiger partial charge on any atom is 2.00 e. The fourth-order valence-corrected chi connectivity index (χ4v) is 10.1. The van der Waals surface area contributed by atoms with Crippen molar-refractivity contribution in [1.29, 1.82) is 0 Å². The van der Waals surface area contributed by atoms with Crippen LogP contribution in [-0.4, -0.2) is 95.2 Å². The zero-order chi connectivity index (χ0) is 82.2. The van der Waals surface area contributed by atoms with E-state index >= 15 is 0 Å². The summed E-state index contributed by atoms with van der Waals surface area (Å²) in [6, 6.07) is 65.3. The van der Waals surface area contributed by atoms with Crippen LogP contribution in [0.1, 0.15) is 123 Å². The van der Waals surface area contributed by atoms with Gasteiger partial charge in [0.25, 0.3) is 0 Å². The molecule has 21 nitrogen and oxygen atoms in total. The van der Waals surface area contributed by atoms with Gasteiger partial charge in [0.2, 0.25) is 23.6 Å². The van der Waals surface area contributed by atoms with Gasteiger partial charge in [-0.05, 0) is 91.6 Å². The van der Waals surface area contributed by atoms with Crippen LogP contribution in [0.3, 0.4) is 0 Å². The van der Waals surface area contributed by atoms with Crippen molar-refractivity contribution in [3.63, 3.8) is 0 Å². The number of hydrogen-bond acceptors (Lipinski definition) is 15. The van der Waals surface area contributed by atoms with Gasteiger partial charge in [0.15, 0.2) is 0 Å². The molecule has 0 fully saturated rings. The summed E-state index contributed by atoms with van der Waals surface area (Å²) in [5.74, 6) is 2.20. The Morgan fingerprint density at radius 3 is 1.34 bits per heavy atom. The number of anilines is 1. The molecule has 5 heterocycles. The van der Waals surface area contributed by atoms with Crippen LogP contribution in [0.4, 0.5) is 10.5 Å². The Bertz CT molecular complexity index is 4420. The van der Waals surface area contributed by atoms with E-state index in [0.717, 1.165) is 88.0 Å². The third-order valence-corrected chi connectivity index (χ3v) is 15.0. The molecule has 0 spiro atoms. The molecule has 4 aromatic heterocycles. The SMILES string of the molecule is CCNC(=O)Cc1nocc1-c1[c-]cc[c-]c1.CCNC(=O)Cc1onc(C)c1-c1c[c-]c(OC(C)C)cc1.CCNC(=O)Cc1onc(C)c1-c1c[c-]cc(OC(C)C)c1.C[CH-]C.C[CH-]C.Clc1cc[c-]cc1.Clc1cc[c-]cc1.Clc1cc[c-]cc1.[CH2-]CN1C(=O)NCc2cc(-c3conc3CC(=O)NCC)[c-]cc21.[V+2].[V+2].[V+2].[V+2].[V+2].[W]. The minimum Gasteiger partial charge on any atom is -0.549 e. The number of ether oxygens (including phenoxy) is 2. The standard InChI is InChI=1S/C17H18N4O3.2C17H21N2O3.C13H12N2O2.3C6H4Cl.2C3H7.5V.W/c1-3-18-16(22)8-14-13(10-24-20-14)11-5-6-15-12(7-11)9-19-17(23)21(15)4-2;1-5-18-16(20)10-15-17(12(4)19-22-15)13-6-8-14(9-7-13)21-11(2)3;1-5-18-16(20)10-15-17(12(4)19-22-15)13-7-6-8-14(9-13)21-11(2)3;1-2-14-13(16)8-12-11(9-17-15-12)10-6-4-3-5-7-10;3*7-6-4-2-1-3-5-6;2*1-3-2;;;;;;/h6-7,10H,2-4,8-9H2,1H3,(H,18,22)(H,19,23);6-8,11H,5,10H2,1-4H3,(H,18,20);7-9,11H,5,10H2,1-4H3,(H,18,20);3-4,7,9H,2,8H2,1H3,(H,14,16);3*2-5H;2*3H,1-2H3;;;;;;/q-2;2*-1;-2;5*-1;5*+2;. The summed E-state index contributed by atoms with van der Waals surface area (Å²) < 4.78 is 31.9. The predicted octanol–water partition coefficient (Wildman–Crippen LogP) is 18.0. The maximum atomic E-state index is 11.8. The molecule has 30 heteroatoms. The fourth-order valence-electron chi connectivity index (χ4n) is 9.77. The van der Waals surface area contributed by atoms with E-state index < -0.39 is 0 Å². The van der Waals surface area contributed by atoms with Gasteiger partial charge < -0.3 is 78.8 Å². The van der Waals surface area contributed by atoms with Gasteiger partial charge in [-0.25, -0.2) is 4.79 Å². The van der Waals surface area contributed by atoms with E-state index in [9.17, 15) is 24.0 Å². The van der Waals surface area contributed by atoms with E-state index in [0.29, 0.717) is 67.9 Å². The summed E-state index contributed by atoms with van der Waals surface area (Å²) in [6.07, 6.45) is 7.92. The molecule has 0 saturated heterocycles. The van der Waals surface area contributed by atoms with Crippen molar-refractivity contribution in [2.24, 2.45) is 0 Å². The van der Waals surface area contributed by atoms with Gasteiger partial charge in [-0.3, -0.25) is 55.1 Å². The molecule has 118 heavy (non-hydrogen) atoms. The Morgan fingerprint density at radius 2 is 0.958 bits per heavy atom. The summed E-state index contributed by atoms with van der Waals surface area (Å²) in [6.45, 7) is 34.0. The molecular formula is C88H98Cl3N10O11V5W-. The number of benzene rings is 7. The van der Waals surface area contributed by atoms with Crippen LogP contribution in [0, 0.1) is 82.1 Å². The van der Waals surface area contributed by atoms with Crippen LogP contribution in [0.2, 0.25) is 15.1 Å². The van der Waals surface area contributed by atoms with Crippen LogP contribution in [0.5, 0.6) is 11.5 Å². The molecular weight excluding hydrogens is 1920 g/mol. The minimum absolute atomic E-state index is 0.